The molecule has 0 unspecified atom stereocenters. The Morgan fingerprint density at radius 1 is 1.14 bits per heavy atom. The van der Waals surface area contributed by atoms with E-state index in [1.54, 1.807) is 0 Å². The van der Waals surface area contributed by atoms with Crippen LogP contribution in [0.4, 0.5) is 0 Å². The van der Waals surface area contributed by atoms with E-state index >= 15 is 0 Å². The van der Waals surface area contributed by atoms with Crippen LogP contribution in [0, 0.1) is 0 Å². The normalized spacial score (nSPS) is 19.8. The van der Waals surface area contributed by atoms with Gasteiger partial charge in [-0.05, 0) is 41.7 Å². The average molecular weight is 291 g/mol. The average Bonchev–Trinajstić information content (AvgIpc) is 2.61. The molecule has 1 aliphatic heterocycles. The summed E-state index contributed by atoms with van der Waals surface area (Å²) in [4.78, 5) is 0. The van der Waals surface area contributed by atoms with Gasteiger partial charge in [0.2, 0.25) is 0 Å². The van der Waals surface area contributed by atoms with Crippen LogP contribution in [0.5, 0.6) is 5.75 Å². The van der Waals surface area contributed by atoms with Crippen molar-refractivity contribution in [3.8, 4) is 5.75 Å². The van der Waals surface area contributed by atoms with Crippen LogP contribution < -0.4 is 15.5 Å². The highest BCUT2D eigenvalue weighted by atomic mass is 16.7. The molecule has 0 aromatic heterocycles. The van der Waals surface area contributed by atoms with Crippen molar-refractivity contribution < 1.29 is 14.0 Å². The van der Waals surface area contributed by atoms with Gasteiger partial charge in [0.25, 0.3) is 0 Å². The highest BCUT2D eigenvalue weighted by Gasteiger charge is 2.52. The Labute approximate surface area is 128 Å². The number of ether oxygens (including phenoxy) is 1. The fourth-order valence-electron chi connectivity index (χ4n) is 2.41. The summed E-state index contributed by atoms with van der Waals surface area (Å²) in [6, 6.07) is 6.11. The molecular formula is C16H26BNO3. The second-order valence-corrected chi connectivity index (χ2v) is 6.39. The van der Waals surface area contributed by atoms with E-state index in [0.717, 1.165) is 23.3 Å². The summed E-state index contributed by atoms with van der Waals surface area (Å²) in [7, 11) is 1.53. The third-order valence-corrected chi connectivity index (χ3v) is 4.29. The van der Waals surface area contributed by atoms with Crippen LogP contribution in [0.2, 0.25) is 0 Å². The van der Waals surface area contributed by atoms with Gasteiger partial charge in [-0.15, -0.1) is 0 Å². The third kappa shape index (κ3) is 3.10. The zero-order valence-corrected chi connectivity index (χ0v) is 13.9. The Bertz CT molecular complexity index is 486. The van der Waals surface area contributed by atoms with Gasteiger partial charge in [0, 0.05) is 17.6 Å². The van der Waals surface area contributed by atoms with E-state index in [-0.39, 0.29) is 11.2 Å². The van der Waals surface area contributed by atoms with Crippen LogP contribution in [-0.2, 0) is 15.9 Å². The van der Waals surface area contributed by atoms with E-state index in [0.29, 0.717) is 6.61 Å². The smallest absolute Gasteiger partial charge is 0.494 e. The summed E-state index contributed by atoms with van der Waals surface area (Å²) >= 11 is 0. The molecule has 0 saturated carbocycles. The first-order valence-corrected chi connectivity index (χ1v) is 7.57. The van der Waals surface area contributed by atoms with Gasteiger partial charge in [0.15, 0.2) is 0 Å². The lowest BCUT2D eigenvalue weighted by Crippen LogP contribution is -2.41. The molecule has 0 spiro atoms. The molecule has 0 bridgehead atoms. The minimum atomic E-state index is -0.395. The summed E-state index contributed by atoms with van der Waals surface area (Å²) in [5.74, 6) is 0.868. The van der Waals surface area contributed by atoms with Crippen molar-refractivity contribution in [1.29, 1.82) is 0 Å². The summed E-state index contributed by atoms with van der Waals surface area (Å²) in [6.07, 6.45) is 0. The van der Waals surface area contributed by atoms with Gasteiger partial charge in [-0.3, -0.25) is 0 Å². The van der Waals surface area contributed by atoms with Crippen molar-refractivity contribution in [1.82, 2.24) is 5.32 Å². The van der Waals surface area contributed by atoms with Crippen LogP contribution in [0.1, 0.15) is 40.2 Å². The zero-order valence-electron chi connectivity index (χ0n) is 13.9. The summed E-state index contributed by atoms with van der Waals surface area (Å²) in [6.45, 7) is 11.6. The van der Waals surface area contributed by atoms with Crippen LogP contribution in [0.15, 0.2) is 18.2 Å². The molecule has 0 atom stereocenters. The van der Waals surface area contributed by atoms with Gasteiger partial charge in [0.1, 0.15) is 5.75 Å². The lowest BCUT2D eigenvalue weighted by atomic mass is 9.77. The topological polar surface area (TPSA) is 39.7 Å². The molecule has 21 heavy (non-hydrogen) atoms. The highest BCUT2D eigenvalue weighted by molar-refractivity contribution is 6.63. The molecule has 1 saturated heterocycles. The maximum absolute atomic E-state index is 6.15. The number of nitrogens with one attached hydrogen (secondary N) is 1. The van der Waals surface area contributed by atoms with Gasteiger partial charge in [0.05, 0.1) is 17.8 Å². The molecule has 0 radical (unpaired) electrons. The molecule has 0 amide bonds. The maximum Gasteiger partial charge on any atom is 0.498 e. The van der Waals surface area contributed by atoms with Crippen LogP contribution >= 0.6 is 0 Å². The van der Waals surface area contributed by atoms with E-state index in [2.05, 4.69) is 39.1 Å². The minimum absolute atomic E-state index is 0.347. The summed E-state index contributed by atoms with van der Waals surface area (Å²) in [5, 5.41) is 3.17. The molecule has 1 aliphatic rings. The Morgan fingerprint density at radius 3 is 2.29 bits per heavy atom. The fraction of sp³-hybridized carbons (Fsp3) is 0.625. The molecule has 2 rings (SSSR count). The van der Waals surface area contributed by atoms with Crippen molar-refractivity contribution in [2.24, 2.45) is 0 Å². The minimum Gasteiger partial charge on any atom is -0.494 e. The number of benzene rings is 1. The van der Waals surface area contributed by atoms with Gasteiger partial charge in [-0.2, -0.15) is 0 Å². The Kier molecular flexibility index (Phi) is 4.66. The molecular weight excluding hydrogens is 265 g/mol. The first kappa shape index (κ1) is 16.3. The largest absolute Gasteiger partial charge is 0.498 e. The Balaban J connectivity index is 2.38. The monoisotopic (exact) mass is 291 g/mol. The van der Waals surface area contributed by atoms with Gasteiger partial charge in [-0.25, -0.2) is 0 Å². The SMILES string of the molecule is CCOc1c(CNC)cccc1B1OC(C)(C)C(C)(C)O1. The maximum atomic E-state index is 6.15. The summed E-state index contributed by atoms with van der Waals surface area (Å²) in [5.41, 5.74) is 1.38. The number of para-hydroxylation sites is 1. The fourth-order valence-corrected chi connectivity index (χ4v) is 2.41. The van der Waals surface area contributed by atoms with Gasteiger partial charge in [-0.1, -0.05) is 18.2 Å². The quantitative estimate of drug-likeness (QED) is 0.843. The molecule has 1 aromatic rings. The highest BCUT2D eigenvalue weighted by Crippen LogP contribution is 2.37. The van der Waals surface area contributed by atoms with Crippen molar-refractivity contribution in [2.45, 2.75) is 52.4 Å². The molecule has 5 heteroatoms. The van der Waals surface area contributed by atoms with E-state index in [4.69, 9.17) is 14.0 Å². The molecule has 4 nitrogen and oxygen atoms in total. The molecule has 1 aromatic carbocycles. The lowest BCUT2D eigenvalue weighted by Gasteiger charge is -2.32. The van der Waals surface area contributed by atoms with Crippen molar-refractivity contribution >= 4 is 12.6 Å². The van der Waals surface area contributed by atoms with Crippen molar-refractivity contribution in [3.63, 3.8) is 0 Å². The van der Waals surface area contributed by atoms with E-state index in [1.807, 2.05) is 26.1 Å². The number of hydrogen-bond donors (Lipinski definition) is 1. The zero-order chi connectivity index (χ0) is 15.7. The number of hydrogen-bond acceptors (Lipinski definition) is 4. The second kappa shape index (κ2) is 5.99. The first-order chi connectivity index (χ1) is 9.82. The van der Waals surface area contributed by atoms with E-state index in [1.165, 1.54) is 0 Å². The van der Waals surface area contributed by atoms with E-state index in [9.17, 15) is 0 Å². The molecule has 1 N–H and O–H groups in total. The predicted octanol–water partition coefficient (Wildman–Crippen LogP) is 2.10. The second-order valence-electron chi connectivity index (χ2n) is 6.39. The standard InChI is InChI=1S/C16H26BNO3/c1-7-19-14-12(11-18-6)9-8-10-13(14)17-20-15(2,3)16(4,5)21-17/h8-10,18H,7,11H2,1-6H3. The third-order valence-electron chi connectivity index (χ3n) is 4.29. The van der Waals surface area contributed by atoms with Crippen molar-refractivity contribution in [2.75, 3.05) is 13.7 Å². The van der Waals surface area contributed by atoms with Gasteiger partial charge >= 0.3 is 7.12 Å². The predicted molar refractivity (Wildman–Crippen MR) is 86.1 cm³/mol. The van der Waals surface area contributed by atoms with Gasteiger partial charge < -0.3 is 19.4 Å². The number of rotatable bonds is 5. The van der Waals surface area contributed by atoms with E-state index < -0.39 is 7.12 Å². The van der Waals surface area contributed by atoms with Crippen LogP contribution in [0.25, 0.3) is 0 Å². The van der Waals surface area contributed by atoms with Crippen molar-refractivity contribution in [3.05, 3.63) is 23.8 Å². The Hall–Kier alpha value is -1.04. The molecule has 0 aliphatic carbocycles. The van der Waals surface area contributed by atoms with Crippen LogP contribution in [0.3, 0.4) is 0 Å². The van der Waals surface area contributed by atoms with Crippen LogP contribution in [-0.4, -0.2) is 32.0 Å². The molecule has 1 fully saturated rings. The molecule has 1 heterocycles. The summed E-state index contributed by atoms with van der Waals surface area (Å²) < 4.78 is 18.2. The molecule has 116 valence electrons. The Morgan fingerprint density at radius 2 is 1.76 bits per heavy atom. The first-order valence-electron chi connectivity index (χ1n) is 7.57. The lowest BCUT2D eigenvalue weighted by molar-refractivity contribution is 0.00578.